The van der Waals surface area contributed by atoms with Gasteiger partial charge in [0.1, 0.15) is 0 Å². The number of ketones is 3. The van der Waals surface area contributed by atoms with Crippen molar-refractivity contribution in [2.45, 2.75) is 71.0 Å². The monoisotopic (exact) mass is 342 g/mol. The van der Waals surface area contributed by atoms with Crippen LogP contribution in [-0.4, -0.2) is 29.1 Å². The van der Waals surface area contributed by atoms with Crippen LogP contribution in [0.5, 0.6) is 0 Å². The number of Topliss-reactive ketones (excluding diaryl/α,β-unsaturated/α-hetero) is 2. The summed E-state index contributed by atoms with van der Waals surface area (Å²) in [4.78, 5) is 37.2. The fraction of sp³-hybridized carbons (Fsp3) is 0.762. The molecule has 7 atom stereocenters. The van der Waals surface area contributed by atoms with Gasteiger partial charge in [-0.15, -0.1) is 0 Å². The molecule has 0 aromatic rings. The maximum Gasteiger partial charge on any atom is 0.164 e. The van der Waals surface area contributed by atoms with Crippen molar-refractivity contribution in [1.82, 2.24) is 0 Å². The number of carbonyl (C=O) groups is 3. The van der Waals surface area contributed by atoms with Crippen molar-refractivity contribution in [2.24, 2.45) is 28.6 Å². The minimum atomic E-state index is -0.578. The molecule has 0 radical (unpaired) electrons. The summed E-state index contributed by atoms with van der Waals surface area (Å²) in [5, 5.41) is 0. The Morgan fingerprint density at radius 3 is 2.68 bits per heavy atom. The molecule has 134 valence electrons. The summed E-state index contributed by atoms with van der Waals surface area (Å²) in [5.41, 5.74) is -0.0841. The number of allylic oxidation sites excluding steroid dienone is 1. The van der Waals surface area contributed by atoms with E-state index in [0.29, 0.717) is 30.6 Å². The molecular weight excluding hydrogens is 316 g/mol. The van der Waals surface area contributed by atoms with Crippen LogP contribution in [0.4, 0.5) is 0 Å². The molecule has 4 heteroatoms. The molecule has 25 heavy (non-hydrogen) atoms. The molecule has 4 aliphatic carbocycles. The summed E-state index contributed by atoms with van der Waals surface area (Å²) in [7, 11) is 0. The zero-order chi connectivity index (χ0) is 17.8. The predicted octanol–water partition coefficient (Wildman–Crippen LogP) is 3.03. The van der Waals surface area contributed by atoms with Crippen LogP contribution in [0.1, 0.15) is 59.3 Å². The second-order valence-electron chi connectivity index (χ2n) is 9.54. The lowest BCUT2D eigenvalue weighted by atomic mass is 9.46. The van der Waals surface area contributed by atoms with Gasteiger partial charge >= 0.3 is 0 Å². The van der Waals surface area contributed by atoms with Gasteiger partial charge in [-0.05, 0) is 61.9 Å². The van der Waals surface area contributed by atoms with Gasteiger partial charge in [-0.3, -0.25) is 14.4 Å². The molecular formula is C21H26O4. The average molecular weight is 342 g/mol. The Kier molecular flexibility index (Phi) is 2.87. The molecule has 0 amide bonds. The summed E-state index contributed by atoms with van der Waals surface area (Å²) in [6, 6.07) is 0. The third-order valence-corrected chi connectivity index (χ3v) is 8.74. The van der Waals surface area contributed by atoms with E-state index in [2.05, 4.69) is 13.8 Å². The minimum Gasteiger partial charge on any atom is -0.357 e. The summed E-state index contributed by atoms with van der Waals surface area (Å²) in [5.74, 6) is 1.59. The molecule has 4 nitrogen and oxygen atoms in total. The fourth-order valence-corrected chi connectivity index (χ4v) is 7.45. The van der Waals surface area contributed by atoms with E-state index < -0.39 is 5.60 Å². The van der Waals surface area contributed by atoms with Gasteiger partial charge < -0.3 is 4.74 Å². The van der Waals surface area contributed by atoms with Crippen molar-refractivity contribution in [3.05, 3.63) is 11.6 Å². The van der Waals surface area contributed by atoms with Crippen molar-refractivity contribution >= 4 is 17.3 Å². The van der Waals surface area contributed by atoms with E-state index in [1.807, 2.05) is 0 Å². The third-order valence-electron chi connectivity index (χ3n) is 8.74. The molecule has 1 heterocycles. The molecule has 0 aromatic carbocycles. The molecule has 3 unspecified atom stereocenters. The lowest BCUT2D eigenvalue weighted by Crippen LogP contribution is -2.56. The van der Waals surface area contributed by atoms with Crippen LogP contribution in [0.3, 0.4) is 0 Å². The summed E-state index contributed by atoms with van der Waals surface area (Å²) < 4.78 is 5.94. The van der Waals surface area contributed by atoms with Crippen LogP contribution in [0.25, 0.3) is 0 Å². The predicted molar refractivity (Wildman–Crippen MR) is 90.8 cm³/mol. The molecule has 1 aliphatic heterocycles. The first-order valence-electron chi connectivity index (χ1n) is 9.71. The van der Waals surface area contributed by atoms with Gasteiger partial charge in [0.05, 0.1) is 6.10 Å². The first kappa shape index (κ1) is 15.9. The highest BCUT2D eigenvalue weighted by Gasteiger charge is 2.79. The molecule has 1 saturated heterocycles. The molecule has 0 N–H and O–H groups in total. The zero-order valence-corrected chi connectivity index (χ0v) is 15.3. The Morgan fingerprint density at radius 2 is 1.96 bits per heavy atom. The SMILES string of the molecule is CC(=O)[C@@]12O[C@@H]1CC1C3CC(=O)C4=CC(=O)CC[C@]4(C)C3CC[C@@]12C. The lowest BCUT2D eigenvalue weighted by Gasteiger charge is -2.57. The zero-order valence-electron chi connectivity index (χ0n) is 15.3. The molecule has 3 saturated carbocycles. The van der Waals surface area contributed by atoms with Crippen LogP contribution in [0, 0.1) is 28.6 Å². The number of epoxide rings is 1. The van der Waals surface area contributed by atoms with Gasteiger partial charge in [0.2, 0.25) is 0 Å². The summed E-state index contributed by atoms with van der Waals surface area (Å²) in [6.07, 6.45) is 6.53. The maximum atomic E-state index is 12.9. The second-order valence-corrected chi connectivity index (χ2v) is 9.54. The molecule has 5 aliphatic rings. The summed E-state index contributed by atoms with van der Waals surface area (Å²) >= 11 is 0. The maximum absolute atomic E-state index is 12.9. The Balaban J connectivity index is 1.56. The molecule has 0 bridgehead atoms. The number of hydrogen-bond donors (Lipinski definition) is 0. The van der Waals surface area contributed by atoms with E-state index in [1.165, 1.54) is 0 Å². The number of carbonyl (C=O) groups excluding carboxylic acids is 3. The van der Waals surface area contributed by atoms with E-state index in [0.717, 1.165) is 31.3 Å². The van der Waals surface area contributed by atoms with E-state index >= 15 is 0 Å². The molecule has 4 fully saturated rings. The Bertz CT molecular complexity index is 751. The van der Waals surface area contributed by atoms with E-state index in [-0.39, 0.29) is 34.3 Å². The number of hydrogen-bond acceptors (Lipinski definition) is 4. The van der Waals surface area contributed by atoms with Gasteiger partial charge in [-0.25, -0.2) is 0 Å². The van der Waals surface area contributed by atoms with Crippen molar-refractivity contribution in [1.29, 1.82) is 0 Å². The van der Waals surface area contributed by atoms with Crippen LogP contribution < -0.4 is 0 Å². The summed E-state index contributed by atoms with van der Waals surface area (Å²) in [6.45, 7) is 6.10. The average Bonchev–Trinajstić information content (AvgIpc) is 3.23. The number of fused-ring (bicyclic) bond motifs is 7. The Morgan fingerprint density at radius 1 is 1.20 bits per heavy atom. The molecule has 0 aromatic heterocycles. The Hall–Kier alpha value is -1.29. The highest BCUT2D eigenvalue weighted by molar-refractivity contribution is 6.05. The highest BCUT2D eigenvalue weighted by atomic mass is 16.6. The first-order chi connectivity index (χ1) is 11.7. The third kappa shape index (κ3) is 1.66. The Labute approximate surface area is 148 Å². The quantitative estimate of drug-likeness (QED) is 0.687. The first-order valence-corrected chi connectivity index (χ1v) is 9.71. The van der Waals surface area contributed by atoms with Gasteiger partial charge in [-0.1, -0.05) is 13.8 Å². The van der Waals surface area contributed by atoms with E-state index in [9.17, 15) is 14.4 Å². The van der Waals surface area contributed by atoms with Crippen LogP contribution >= 0.6 is 0 Å². The number of rotatable bonds is 1. The van der Waals surface area contributed by atoms with Gasteiger partial charge in [0.25, 0.3) is 0 Å². The van der Waals surface area contributed by atoms with Crippen LogP contribution in [-0.2, 0) is 19.1 Å². The molecule has 5 rings (SSSR count). The van der Waals surface area contributed by atoms with Gasteiger partial charge in [0, 0.05) is 23.8 Å². The minimum absolute atomic E-state index is 0.0616. The van der Waals surface area contributed by atoms with Gasteiger partial charge in [-0.2, -0.15) is 0 Å². The lowest BCUT2D eigenvalue weighted by molar-refractivity contribution is -0.142. The van der Waals surface area contributed by atoms with Crippen LogP contribution in [0.15, 0.2) is 11.6 Å². The topological polar surface area (TPSA) is 63.7 Å². The number of ether oxygens (including phenoxy) is 1. The van der Waals surface area contributed by atoms with Crippen molar-refractivity contribution in [3.8, 4) is 0 Å². The van der Waals surface area contributed by atoms with Crippen LogP contribution in [0.2, 0.25) is 0 Å². The standard InChI is InChI=1S/C21H26O4/c1-11(22)21-18(25-21)10-15-13-9-17(24)16-8-12(23)4-6-19(16,2)14(13)5-7-20(15,21)3/h8,13-15,18H,4-7,9-10H2,1-3H3/t13?,14?,15?,18-,19-,20+,21-/m1/s1. The van der Waals surface area contributed by atoms with E-state index in [1.54, 1.807) is 13.0 Å². The van der Waals surface area contributed by atoms with Crippen molar-refractivity contribution in [3.63, 3.8) is 0 Å². The van der Waals surface area contributed by atoms with Crippen molar-refractivity contribution in [2.75, 3.05) is 0 Å². The fourth-order valence-electron chi connectivity index (χ4n) is 7.45. The van der Waals surface area contributed by atoms with Gasteiger partial charge in [0.15, 0.2) is 23.0 Å². The largest absolute Gasteiger partial charge is 0.357 e. The molecule has 0 spiro atoms. The second kappa shape index (κ2) is 4.51. The smallest absolute Gasteiger partial charge is 0.164 e. The normalized spacial score (nSPS) is 53.3. The van der Waals surface area contributed by atoms with E-state index in [4.69, 9.17) is 4.74 Å². The highest BCUT2D eigenvalue weighted by Crippen LogP contribution is 2.73. The van der Waals surface area contributed by atoms with Crippen molar-refractivity contribution < 1.29 is 19.1 Å².